The van der Waals surface area contributed by atoms with Crippen LogP contribution in [0.15, 0.2) is 42.9 Å². The summed E-state index contributed by atoms with van der Waals surface area (Å²) < 4.78 is 10.8. The van der Waals surface area contributed by atoms with Crippen molar-refractivity contribution in [2.75, 3.05) is 19.1 Å². The van der Waals surface area contributed by atoms with E-state index in [4.69, 9.17) is 9.47 Å². The first-order valence-electron chi connectivity index (χ1n) is 8.87. The first-order valence-corrected chi connectivity index (χ1v) is 8.87. The van der Waals surface area contributed by atoms with Gasteiger partial charge in [0.2, 0.25) is 0 Å². The van der Waals surface area contributed by atoms with Gasteiger partial charge in [0.25, 0.3) is 5.91 Å². The summed E-state index contributed by atoms with van der Waals surface area (Å²) in [6.45, 7) is 2.03. The summed E-state index contributed by atoms with van der Waals surface area (Å²) in [6, 6.07) is 6.86. The second-order valence-corrected chi connectivity index (χ2v) is 6.20. The van der Waals surface area contributed by atoms with Crippen LogP contribution in [0.5, 0.6) is 11.5 Å². The van der Waals surface area contributed by atoms with Gasteiger partial charge in [0.1, 0.15) is 5.82 Å². The Morgan fingerprint density at radius 3 is 2.36 bits per heavy atom. The number of hydrogen-bond acceptors (Lipinski definition) is 7. The second-order valence-electron chi connectivity index (χ2n) is 6.20. The number of nitrogens with zero attached hydrogens (tertiary/aromatic N) is 5. The van der Waals surface area contributed by atoms with Crippen LogP contribution in [0.2, 0.25) is 0 Å². The molecule has 8 heteroatoms. The third kappa shape index (κ3) is 2.83. The third-order valence-corrected chi connectivity index (χ3v) is 4.72. The van der Waals surface area contributed by atoms with Gasteiger partial charge in [-0.2, -0.15) is 0 Å². The van der Waals surface area contributed by atoms with Crippen LogP contribution >= 0.6 is 0 Å². The zero-order valence-electron chi connectivity index (χ0n) is 15.8. The van der Waals surface area contributed by atoms with E-state index in [0.717, 1.165) is 12.0 Å². The molecule has 1 atom stereocenters. The molecule has 2 aromatic heterocycles. The Morgan fingerprint density at radius 2 is 1.68 bits per heavy atom. The van der Waals surface area contributed by atoms with Crippen molar-refractivity contribution in [1.82, 2.24) is 19.9 Å². The van der Waals surface area contributed by atoms with Gasteiger partial charge in [-0.15, -0.1) is 0 Å². The lowest BCUT2D eigenvalue weighted by Crippen LogP contribution is -2.28. The van der Waals surface area contributed by atoms with Crippen LogP contribution in [0.4, 0.5) is 5.82 Å². The van der Waals surface area contributed by atoms with Gasteiger partial charge >= 0.3 is 0 Å². The molecule has 4 rings (SSSR count). The molecule has 0 fully saturated rings. The minimum atomic E-state index is -0.165. The molecule has 1 aliphatic rings. The van der Waals surface area contributed by atoms with Gasteiger partial charge in [0.05, 0.1) is 20.3 Å². The van der Waals surface area contributed by atoms with Gasteiger partial charge < -0.3 is 9.47 Å². The third-order valence-electron chi connectivity index (χ3n) is 4.72. The number of carbonyl (C=O) groups excluding carboxylic acids is 1. The zero-order chi connectivity index (χ0) is 19.7. The molecule has 0 saturated heterocycles. The van der Waals surface area contributed by atoms with Crippen molar-refractivity contribution in [2.24, 2.45) is 0 Å². The number of carbonyl (C=O) groups is 1. The van der Waals surface area contributed by atoms with E-state index in [-0.39, 0.29) is 11.9 Å². The van der Waals surface area contributed by atoms with E-state index in [1.807, 2.05) is 13.0 Å². The minimum absolute atomic E-state index is 0.138. The normalized spacial score (nSPS) is 15.5. The quantitative estimate of drug-likeness (QED) is 0.675. The average molecular weight is 377 g/mol. The number of methoxy groups -OCH3 is 2. The summed E-state index contributed by atoms with van der Waals surface area (Å²) >= 11 is 0. The highest BCUT2D eigenvalue weighted by Crippen LogP contribution is 2.43. The Labute approximate surface area is 162 Å². The molecule has 0 spiro atoms. The highest BCUT2D eigenvalue weighted by atomic mass is 16.5. The van der Waals surface area contributed by atoms with Gasteiger partial charge in [-0.05, 0) is 36.2 Å². The highest BCUT2D eigenvalue weighted by Gasteiger charge is 2.39. The first-order chi connectivity index (χ1) is 13.7. The van der Waals surface area contributed by atoms with Crippen molar-refractivity contribution in [3.8, 4) is 23.1 Å². The smallest absolute Gasteiger partial charge is 0.260 e. The molecule has 0 N–H and O–H groups in total. The highest BCUT2D eigenvalue weighted by molar-refractivity contribution is 6.11. The molecule has 3 heterocycles. The Bertz CT molecular complexity index is 1030. The summed E-state index contributed by atoms with van der Waals surface area (Å²) in [6.07, 6.45) is 5.58. The van der Waals surface area contributed by atoms with E-state index < -0.39 is 0 Å². The SMILES string of the molecule is CCC1c2cc(OC)c(OC)cc2C(=O)N1c1ccnc(-c2ncccn2)n1. The number of aromatic nitrogens is 4. The topological polar surface area (TPSA) is 90.3 Å². The van der Waals surface area contributed by atoms with Crippen molar-refractivity contribution in [3.05, 3.63) is 54.0 Å². The molecule has 0 bridgehead atoms. The standard InChI is InChI=1S/C20H19N5O3/c1-4-14-12-10-15(27-2)16(28-3)11-13(12)20(26)25(14)17-6-9-23-19(24-17)18-21-7-5-8-22-18/h5-11,14H,4H2,1-3H3. The molecule has 28 heavy (non-hydrogen) atoms. The van der Waals surface area contributed by atoms with Gasteiger partial charge in [-0.1, -0.05) is 6.92 Å². The van der Waals surface area contributed by atoms with Crippen molar-refractivity contribution < 1.29 is 14.3 Å². The second kappa shape index (κ2) is 7.22. The average Bonchev–Trinajstić information content (AvgIpc) is 3.04. The number of benzene rings is 1. The molecule has 0 radical (unpaired) electrons. The minimum Gasteiger partial charge on any atom is -0.493 e. The number of fused-ring (bicyclic) bond motifs is 1. The summed E-state index contributed by atoms with van der Waals surface area (Å²) in [5.74, 6) is 2.25. The number of amides is 1. The molecule has 1 aliphatic heterocycles. The van der Waals surface area contributed by atoms with Gasteiger partial charge in [-0.25, -0.2) is 19.9 Å². The van der Waals surface area contributed by atoms with Crippen molar-refractivity contribution in [1.29, 1.82) is 0 Å². The van der Waals surface area contributed by atoms with Crippen LogP contribution in [-0.2, 0) is 0 Å². The van der Waals surface area contributed by atoms with E-state index in [1.54, 1.807) is 55.9 Å². The lowest BCUT2D eigenvalue weighted by molar-refractivity contribution is 0.0989. The predicted molar refractivity (Wildman–Crippen MR) is 102 cm³/mol. The van der Waals surface area contributed by atoms with Crippen molar-refractivity contribution in [2.45, 2.75) is 19.4 Å². The lowest BCUT2D eigenvalue weighted by Gasteiger charge is -2.23. The van der Waals surface area contributed by atoms with Gasteiger partial charge in [0.15, 0.2) is 23.1 Å². The number of hydrogen-bond donors (Lipinski definition) is 0. The van der Waals surface area contributed by atoms with Crippen LogP contribution in [0.3, 0.4) is 0 Å². The number of rotatable bonds is 5. The molecule has 8 nitrogen and oxygen atoms in total. The Hall–Kier alpha value is -3.55. The molecule has 0 saturated carbocycles. The van der Waals surface area contributed by atoms with E-state index in [2.05, 4.69) is 19.9 Å². The molecule has 3 aromatic rings. The molecular weight excluding hydrogens is 358 g/mol. The fraction of sp³-hybridized carbons (Fsp3) is 0.250. The van der Waals surface area contributed by atoms with Gasteiger partial charge in [-0.3, -0.25) is 9.69 Å². The zero-order valence-corrected chi connectivity index (χ0v) is 15.8. The number of ether oxygens (including phenoxy) is 2. The van der Waals surface area contributed by atoms with E-state index in [9.17, 15) is 4.79 Å². The van der Waals surface area contributed by atoms with Crippen molar-refractivity contribution in [3.63, 3.8) is 0 Å². The van der Waals surface area contributed by atoms with Crippen LogP contribution in [0.1, 0.15) is 35.3 Å². The van der Waals surface area contributed by atoms with Crippen LogP contribution in [-0.4, -0.2) is 40.1 Å². The Morgan fingerprint density at radius 1 is 1.00 bits per heavy atom. The van der Waals surface area contributed by atoms with Crippen LogP contribution in [0, 0.1) is 0 Å². The van der Waals surface area contributed by atoms with E-state index in [0.29, 0.717) is 34.5 Å². The summed E-state index contributed by atoms with van der Waals surface area (Å²) in [7, 11) is 3.13. The predicted octanol–water partition coefficient (Wildman–Crippen LogP) is 3.06. The fourth-order valence-corrected chi connectivity index (χ4v) is 3.44. The maximum absolute atomic E-state index is 13.2. The van der Waals surface area contributed by atoms with Crippen LogP contribution < -0.4 is 14.4 Å². The molecular formula is C20H19N5O3. The first kappa shape index (κ1) is 17.8. The summed E-state index contributed by atoms with van der Waals surface area (Å²) in [5.41, 5.74) is 1.47. The van der Waals surface area contributed by atoms with Crippen LogP contribution in [0.25, 0.3) is 11.6 Å². The maximum atomic E-state index is 13.2. The molecule has 142 valence electrons. The summed E-state index contributed by atoms with van der Waals surface area (Å²) in [4.78, 5) is 32.1. The number of anilines is 1. The Kier molecular flexibility index (Phi) is 4.60. The van der Waals surface area contributed by atoms with Crippen molar-refractivity contribution >= 4 is 11.7 Å². The largest absolute Gasteiger partial charge is 0.493 e. The molecule has 1 amide bonds. The summed E-state index contributed by atoms with van der Waals surface area (Å²) in [5, 5.41) is 0. The lowest BCUT2D eigenvalue weighted by atomic mass is 10.0. The van der Waals surface area contributed by atoms with E-state index >= 15 is 0 Å². The molecule has 0 aliphatic carbocycles. The van der Waals surface area contributed by atoms with E-state index in [1.165, 1.54) is 0 Å². The monoisotopic (exact) mass is 377 g/mol. The fourth-order valence-electron chi connectivity index (χ4n) is 3.44. The molecule has 1 unspecified atom stereocenters. The van der Waals surface area contributed by atoms with Gasteiger partial charge in [0, 0.05) is 24.2 Å². The molecule has 1 aromatic carbocycles. The maximum Gasteiger partial charge on any atom is 0.260 e. The Balaban J connectivity index is 1.79.